The summed E-state index contributed by atoms with van der Waals surface area (Å²) >= 11 is 3.44. The topological polar surface area (TPSA) is 51.2 Å². The second kappa shape index (κ2) is 5.73. The minimum Gasteiger partial charge on any atom is -0.289 e. The number of carbonyl (C=O) groups excluding carboxylic acids is 1. The fourth-order valence-electron chi connectivity index (χ4n) is 2.03. The molecule has 0 aliphatic carbocycles. The van der Waals surface area contributed by atoms with Crippen LogP contribution in [0.1, 0.15) is 27.0 Å². The number of sulfone groups is 1. The molecule has 3 nitrogen and oxygen atoms in total. The van der Waals surface area contributed by atoms with Crippen molar-refractivity contribution in [3.63, 3.8) is 0 Å². The maximum Gasteiger partial charge on any atom is 0.193 e. The molecule has 0 fully saturated rings. The Bertz CT molecular complexity index is 806. The first-order valence-electron chi connectivity index (χ1n) is 6.31. The Balaban J connectivity index is 2.44. The van der Waals surface area contributed by atoms with Crippen LogP contribution in [-0.4, -0.2) is 20.5 Å². The predicted octanol–water partition coefficient (Wildman–Crippen LogP) is 3.70. The third kappa shape index (κ3) is 3.41. The summed E-state index contributed by atoms with van der Waals surface area (Å²) in [4.78, 5) is 12.7. The van der Waals surface area contributed by atoms with E-state index in [1.54, 1.807) is 12.1 Å². The van der Waals surface area contributed by atoms with Crippen molar-refractivity contribution in [1.82, 2.24) is 0 Å². The van der Waals surface area contributed by atoms with Crippen LogP contribution in [0.4, 0.5) is 0 Å². The third-order valence-electron chi connectivity index (χ3n) is 3.29. The molecule has 0 aromatic heterocycles. The highest BCUT2D eigenvalue weighted by Gasteiger charge is 2.14. The van der Waals surface area contributed by atoms with Gasteiger partial charge in [-0.2, -0.15) is 0 Å². The van der Waals surface area contributed by atoms with E-state index in [0.29, 0.717) is 11.1 Å². The molecule has 0 N–H and O–H groups in total. The second-order valence-electron chi connectivity index (χ2n) is 5.04. The lowest BCUT2D eigenvalue weighted by Crippen LogP contribution is -2.05. The summed E-state index contributed by atoms with van der Waals surface area (Å²) in [6, 6.07) is 9.78. The lowest BCUT2D eigenvalue weighted by atomic mass is 9.97. The summed E-state index contributed by atoms with van der Waals surface area (Å²) in [6.07, 6.45) is 1.14. The van der Waals surface area contributed by atoms with Crippen molar-refractivity contribution in [1.29, 1.82) is 0 Å². The zero-order valence-corrected chi connectivity index (χ0v) is 14.4. The van der Waals surface area contributed by atoms with Crippen LogP contribution in [-0.2, 0) is 9.84 Å². The Kier molecular flexibility index (Phi) is 4.35. The van der Waals surface area contributed by atoms with Gasteiger partial charge in [0, 0.05) is 21.9 Å². The molecule has 0 spiro atoms. The lowest BCUT2D eigenvalue weighted by Gasteiger charge is -2.09. The number of ketones is 1. The smallest absolute Gasteiger partial charge is 0.193 e. The van der Waals surface area contributed by atoms with E-state index in [0.717, 1.165) is 21.9 Å². The van der Waals surface area contributed by atoms with Crippen molar-refractivity contribution in [2.75, 3.05) is 6.26 Å². The average Bonchev–Trinajstić information content (AvgIpc) is 2.41. The van der Waals surface area contributed by atoms with E-state index in [4.69, 9.17) is 0 Å². The summed E-state index contributed by atoms with van der Waals surface area (Å²) < 4.78 is 23.8. The van der Waals surface area contributed by atoms with Crippen LogP contribution in [0.3, 0.4) is 0 Å². The molecule has 0 bridgehead atoms. The predicted molar refractivity (Wildman–Crippen MR) is 86.6 cm³/mol. The van der Waals surface area contributed by atoms with E-state index in [9.17, 15) is 13.2 Å². The number of halogens is 1. The first kappa shape index (κ1) is 15.9. The molecule has 0 amide bonds. The van der Waals surface area contributed by atoms with E-state index >= 15 is 0 Å². The van der Waals surface area contributed by atoms with Gasteiger partial charge in [-0.25, -0.2) is 8.42 Å². The zero-order valence-electron chi connectivity index (χ0n) is 12.0. The number of hydrogen-bond donors (Lipinski definition) is 0. The minimum absolute atomic E-state index is 0.108. The van der Waals surface area contributed by atoms with Gasteiger partial charge in [0.15, 0.2) is 15.6 Å². The molecule has 2 rings (SSSR count). The van der Waals surface area contributed by atoms with Gasteiger partial charge in [-0.15, -0.1) is 0 Å². The maximum atomic E-state index is 12.5. The van der Waals surface area contributed by atoms with Gasteiger partial charge in [-0.3, -0.25) is 4.79 Å². The fourth-order valence-corrected chi connectivity index (χ4v) is 3.12. The molecule has 0 aliphatic heterocycles. The Hall–Kier alpha value is -1.46. The van der Waals surface area contributed by atoms with Crippen molar-refractivity contribution in [2.45, 2.75) is 18.7 Å². The SMILES string of the molecule is Cc1cc(C(=O)c2ccc(S(C)(=O)=O)cc2)c(C)cc1Br. The average molecular weight is 367 g/mol. The first-order chi connectivity index (χ1) is 9.70. The van der Waals surface area contributed by atoms with Crippen LogP contribution < -0.4 is 0 Å². The van der Waals surface area contributed by atoms with E-state index in [1.807, 2.05) is 26.0 Å². The van der Waals surface area contributed by atoms with Crippen molar-refractivity contribution in [3.05, 3.63) is 63.1 Å². The molecule has 0 aliphatic rings. The molecular formula is C16H15BrO3S. The molecule has 0 heterocycles. The van der Waals surface area contributed by atoms with Crippen molar-refractivity contribution in [2.24, 2.45) is 0 Å². The van der Waals surface area contributed by atoms with Crippen LogP contribution in [0.15, 0.2) is 45.8 Å². The van der Waals surface area contributed by atoms with Gasteiger partial charge in [0.2, 0.25) is 0 Å². The monoisotopic (exact) mass is 366 g/mol. The van der Waals surface area contributed by atoms with Gasteiger partial charge in [0.1, 0.15) is 0 Å². The highest BCUT2D eigenvalue weighted by Crippen LogP contribution is 2.23. The van der Waals surface area contributed by atoms with Crippen molar-refractivity contribution < 1.29 is 13.2 Å². The summed E-state index contributed by atoms with van der Waals surface area (Å²) in [5.41, 5.74) is 2.97. The van der Waals surface area contributed by atoms with Gasteiger partial charge in [-0.05, 0) is 61.4 Å². The maximum absolute atomic E-state index is 12.5. The van der Waals surface area contributed by atoms with E-state index in [-0.39, 0.29) is 10.7 Å². The minimum atomic E-state index is -3.25. The Labute approximate surface area is 133 Å². The fraction of sp³-hybridized carbons (Fsp3) is 0.188. The molecular weight excluding hydrogens is 352 g/mol. The molecule has 110 valence electrons. The van der Waals surface area contributed by atoms with Gasteiger partial charge in [0.05, 0.1) is 4.90 Å². The number of hydrogen-bond acceptors (Lipinski definition) is 3. The third-order valence-corrected chi connectivity index (χ3v) is 5.28. The second-order valence-corrected chi connectivity index (χ2v) is 7.91. The van der Waals surface area contributed by atoms with Crippen LogP contribution in [0.25, 0.3) is 0 Å². The van der Waals surface area contributed by atoms with E-state index in [1.165, 1.54) is 12.1 Å². The summed E-state index contributed by atoms with van der Waals surface area (Å²) in [5.74, 6) is -0.108. The van der Waals surface area contributed by atoms with Gasteiger partial charge < -0.3 is 0 Å². The van der Waals surface area contributed by atoms with Crippen LogP contribution in [0.5, 0.6) is 0 Å². The Morgan fingerprint density at radius 2 is 1.57 bits per heavy atom. The molecule has 2 aromatic rings. The first-order valence-corrected chi connectivity index (χ1v) is 9.00. The zero-order chi connectivity index (χ0) is 15.8. The van der Waals surface area contributed by atoms with E-state index < -0.39 is 9.84 Å². The van der Waals surface area contributed by atoms with Crippen molar-refractivity contribution >= 4 is 31.6 Å². The lowest BCUT2D eigenvalue weighted by molar-refractivity contribution is 0.103. The molecule has 0 atom stereocenters. The number of aryl methyl sites for hydroxylation is 2. The van der Waals surface area contributed by atoms with Gasteiger partial charge >= 0.3 is 0 Å². The molecule has 21 heavy (non-hydrogen) atoms. The number of rotatable bonds is 3. The van der Waals surface area contributed by atoms with Crippen LogP contribution in [0, 0.1) is 13.8 Å². The van der Waals surface area contributed by atoms with E-state index in [2.05, 4.69) is 15.9 Å². The largest absolute Gasteiger partial charge is 0.289 e. The summed E-state index contributed by atoms with van der Waals surface area (Å²) in [5, 5.41) is 0. The molecule has 0 saturated carbocycles. The Morgan fingerprint density at radius 1 is 1.00 bits per heavy atom. The van der Waals surface area contributed by atoms with Gasteiger partial charge in [0.25, 0.3) is 0 Å². The molecule has 0 radical (unpaired) electrons. The quantitative estimate of drug-likeness (QED) is 0.778. The highest BCUT2D eigenvalue weighted by molar-refractivity contribution is 9.10. The molecule has 5 heteroatoms. The van der Waals surface area contributed by atoms with Gasteiger partial charge in [-0.1, -0.05) is 15.9 Å². The van der Waals surface area contributed by atoms with Crippen LogP contribution >= 0.6 is 15.9 Å². The summed E-state index contributed by atoms with van der Waals surface area (Å²) in [7, 11) is -3.25. The molecule has 0 saturated heterocycles. The number of carbonyl (C=O) groups is 1. The van der Waals surface area contributed by atoms with Crippen molar-refractivity contribution in [3.8, 4) is 0 Å². The standard InChI is InChI=1S/C16H15BrO3S/c1-10-9-15(17)11(2)8-14(10)16(18)12-4-6-13(7-5-12)21(3,19)20/h4-9H,1-3H3. The summed E-state index contributed by atoms with van der Waals surface area (Å²) in [6.45, 7) is 3.80. The Morgan fingerprint density at radius 3 is 2.10 bits per heavy atom. The van der Waals surface area contributed by atoms with Crippen LogP contribution in [0.2, 0.25) is 0 Å². The highest BCUT2D eigenvalue weighted by atomic mass is 79.9. The molecule has 0 unspecified atom stereocenters. The molecule has 2 aromatic carbocycles. The number of benzene rings is 2. The normalized spacial score (nSPS) is 11.4.